The van der Waals surface area contributed by atoms with Gasteiger partial charge in [0.15, 0.2) is 0 Å². The minimum atomic E-state index is -0.431. The van der Waals surface area contributed by atoms with Crippen molar-refractivity contribution in [2.45, 2.75) is 57.1 Å². The Hall–Kier alpha value is -2.11. The third kappa shape index (κ3) is 2.72. The summed E-state index contributed by atoms with van der Waals surface area (Å²) in [6.45, 7) is 0.756. The van der Waals surface area contributed by atoms with Crippen LogP contribution in [0, 0.1) is 0 Å². The van der Waals surface area contributed by atoms with Gasteiger partial charge < -0.3 is 14.4 Å². The second-order valence-corrected chi connectivity index (χ2v) is 8.90. The van der Waals surface area contributed by atoms with Crippen molar-refractivity contribution >= 4 is 28.2 Å². The van der Waals surface area contributed by atoms with Crippen molar-refractivity contribution in [1.29, 1.82) is 0 Å². The normalized spacial score (nSPS) is 19.9. The maximum absolute atomic E-state index is 12.1. The summed E-state index contributed by atoms with van der Waals surface area (Å²) in [6, 6.07) is 8.05. The summed E-state index contributed by atoms with van der Waals surface area (Å²) in [7, 11) is 1.42. The number of carbonyl (C=O) groups excluding carboxylic acids is 1. The van der Waals surface area contributed by atoms with E-state index >= 15 is 0 Å². The number of aliphatic hydroxyl groups is 1. The van der Waals surface area contributed by atoms with Gasteiger partial charge in [0.25, 0.3) is 0 Å². The summed E-state index contributed by atoms with van der Waals surface area (Å²) in [4.78, 5) is 13.3. The van der Waals surface area contributed by atoms with E-state index in [1.54, 1.807) is 11.3 Å². The molecule has 1 saturated carbocycles. The highest BCUT2D eigenvalue weighted by molar-refractivity contribution is 7.13. The van der Waals surface area contributed by atoms with Gasteiger partial charge >= 0.3 is 5.97 Å². The number of methoxy groups -OCH3 is 1. The zero-order chi connectivity index (χ0) is 19.3. The van der Waals surface area contributed by atoms with Crippen LogP contribution in [0.5, 0.6) is 0 Å². The van der Waals surface area contributed by atoms with E-state index < -0.39 is 6.10 Å². The largest absolute Gasteiger partial charge is 0.465 e. The molecule has 1 atom stereocenters. The van der Waals surface area contributed by atoms with Gasteiger partial charge in [-0.15, -0.1) is 11.3 Å². The van der Waals surface area contributed by atoms with Gasteiger partial charge in [-0.2, -0.15) is 0 Å². The van der Waals surface area contributed by atoms with Gasteiger partial charge in [-0.25, -0.2) is 4.79 Å². The molecule has 1 aromatic carbocycles. The van der Waals surface area contributed by atoms with Gasteiger partial charge in [0.1, 0.15) is 0 Å². The van der Waals surface area contributed by atoms with Crippen LogP contribution in [-0.2, 0) is 11.3 Å². The van der Waals surface area contributed by atoms with Crippen molar-refractivity contribution in [3.8, 4) is 10.6 Å². The molecule has 5 heteroatoms. The smallest absolute Gasteiger partial charge is 0.337 e. The first-order valence-electron chi connectivity index (χ1n) is 10.2. The lowest BCUT2D eigenvalue weighted by molar-refractivity contribution is 0.0601. The summed E-state index contributed by atoms with van der Waals surface area (Å²) >= 11 is 1.72. The molecule has 146 valence electrons. The van der Waals surface area contributed by atoms with Crippen LogP contribution < -0.4 is 0 Å². The number of rotatable bonds is 2. The van der Waals surface area contributed by atoms with Crippen molar-refractivity contribution in [2.24, 2.45) is 0 Å². The fourth-order valence-corrected chi connectivity index (χ4v) is 6.11. The predicted molar refractivity (Wildman–Crippen MR) is 112 cm³/mol. The highest BCUT2D eigenvalue weighted by Crippen LogP contribution is 2.48. The van der Waals surface area contributed by atoms with Crippen LogP contribution in [0.25, 0.3) is 21.5 Å². The van der Waals surface area contributed by atoms with Crippen LogP contribution in [0.2, 0.25) is 0 Å². The van der Waals surface area contributed by atoms with E-state index in [-0.39, 0.29) is 5.97 Å². The number of aliphatic hydroxyl groups excluding tert-OH is 1. The Kier molecular flexibility index (Phi) is 4.52. The monoisotopic (exact) mass is 395 g/mol. The molecule has 5 rings (SSSR count). The number of fused-ring (bicyclic) bond motifs is 5. The molecular weight excluding hydrogens is 370 g/mol. The highest BCUT2D eigenvalue weighted by atomic mass is 32.1. The van der Waals surface area contributed by atoms with E-state index in [9.17, 15) is 9.90 Å². The van der Waals surface area contributed by atoms with Crippen LogP contribution >= 0.6 is 11.3 Å². The number of nitrogens with zero attached hydrogens (tertiary/aromatic N) is 1. The molecule has 3 heterocycles. The van der Waals surface area contributed by atoms with Gasteiger partial charge in [0.05, 0.1) is 29.3 Å². The van der Waals surface area contributed by atoms with Gasteiger partial charge in [0.2, 0.25) is 0 Å². The first-order chi connectivity index (χ1) is 13.7. The lowest BCUT2D eigenvalue weighted by Gasteiger charge is -2.23. The Morgan fingerprint density at radius 1 is 1.18 bits per heavy atom. The predicted octanol–water partition coefficient (Wildman–Crippen LogP) is 5.64. The van der Waals surface area contributed by atoms with Gasteiger partial charge in [-0.05, 0) is 54.3 Å². The van der Waals surface area contributed by atoms with E-state index in [2.05, 4.69) is 22.1 Å². The number of hydrogen-bond donors (Lipinski definition) is 1. The molecule has 2 aromatic heterocycles. The van der Waals surface area contributed by atoms with Crippen molar-refractivity contribution in [2.75, 3.05) is 7.11 Å². The van der Waals surface area contributed by atoms with Crippen LogP contribution in [0.4, 0.5) is 0 Å². The third-order valence-corrected chi connectivity index (χ3v) is 7.37. The first-order valence-corrected chi connectivity index (χ1v) is 11.1. The van der Waals surface area contributed by atoms with Crippen molar-refractivity contribution in [3.05, 3.63) is 46.3 Å². The van der Waals surface area contributed by atoms with Gasteiger partial charge in [0, 0.05) is 23.0 Å². The molecule has 0 spiro atoms. The summed E-state index contributed by atoms with van der Waals surface area (Å²) < 4.78 is 7.30. The lowest BCUT2D eigenvalue weighted by atomic mass is 9.82. The first kappa shape index (κ1) is 18.0. The summed E-state index contributed by atoms with van der Waals surface area (Å²) in [6.07, 6.45) is 6.56. The number of aromatic nitrogens is 1. The summed E-state index contributed by atoms with van der Waals surface area (Å²) in [5, 5.41) is 14.0. The van der Waals surface area contributed by atoms with E-state index in [1.807, 2.05) is 12.1 Å². The molecule has 1 fully saturated rings. The lowest BCUT2D eigenvalue weighted by Crippen LogP contribution is -2.06. The van der Waals surface area contributed by atoms with Crippen molar-refractivity contribution in [3.63, 3.8) is 0 Å². The van der Waals surface area contributed by atoms with Crippen molar-refractivity contribution < 1.29 is 14.6 Å². The topological polar surface area (TPSA) is 51.5 Å². The number of ether oxygens (including phenoxy) is 1. The van der Waals surface area contributed by atoms with E-state index in [4.69, 9.17) is 4.74 Å². The molecule has 28 heavy (non-hydrogen) atoms. The second kappa shape index (κ2) is 7.05. The Balaban J connectivity index is 1.81. The molecular formula is C23H25NO3S. The molecule has 1 N–H and O–H groups in total. The van der Waals surface area contributed by atoms with Crippen LogP contribution in [-0.4, -0.2) is 22.8 Å². The zero-order valence-corrected chi connectivity index (χ0v) is 16.9. The van der Waals surface area contributed by atoms with Crippen molar-refractivity contribution in [1.82, 2.24) is 4.57 Å². The minimum absolute atomic E-state index is 0.304. The fraction of sp³-hybridized carbons (Fsp3) is 0.435. The Morgan fingerprint density at radius 3 is 2.79 bits per heavy atom. The average Bonchev–Trinajstić information content (AvgIpc) is 3.31. The maximum atomic E-state index is 12.1. The van der Waals surface area contributed by atoms with Gasteiger partial charge in [-0.1, -0.05) is 25.3 Å². The second-order valence-electron chi connectivity index (χ2n) is 7.98. The van der Waals surface area contributed by atoms with Crippen LogP contribution in [0.3, 0.4) is 0 Å². The highest BCUT2D eigenvalue weighted by Gasteiger charge is 2.31. The molecule has 0 bridgehead atoms. The standard InChI is InChI=1S/C23H25NO3S/c1-27-23(26)15-7-8-16-18(13-15)24-11-9-19(25)17-10-12-28-22(17)21(24)20(16)14-5-3-2-4-6-14/h7-8,10,12-14,19,25H,2-6,9,11H2,1H3. The number of esters is 1. The summed E-state index contributed by atoms with van der Waals surface area (Å²) in [5.41, 5.74) is 5.42. The van der Waals surface area contributed by atoms with Crippen LogP contribution in [0.1, 0.15) is 72.0 Å². The number of benzene rings is 1. The maximum Gasteiger partial charge on any atom is 0.337 e. The molecule has 3 aromatic rings. The fourth-order valence-electron chi connectivity index (χ4n) is 5.08. The molecule has 0 amide bonds. The Labute approximate surface area is 168 Å². The average molecular weight is 396 g/mol. The van der Waals surface area contributed by atoms with Crippen LogP contribution in [0.15, 0.2) is 29.6 Å². The molecule has 2 aliphatic rings. The number of thiophene rings is 1. The Morgan fingerprint density at radius 2 is 2.00 bits per heavy atom. The van der Waals surface area contributed by atoms with E-state index in [0.29, 0.717) is 17.9 Å². The number of aryl methyl sites for hydroxylation is 1. The molecule has 1 aliphatic heterocycles. The Bertz CT molecular complexity index is 1040. The SMILES string of the molecule is COC(=O)c1ccc2c(C3CCCCC3)c3n(c2c1)CCC(O)c1ccsc1-3. The van der Waals surface area contributed by atoms with Gasteiger partial charge in [-0.3, -0.25) is 0 Å². The molecule has 0 radical (unpaired) electrons. The molecule has 1 unspecified atom stereocenters. The number of carbonyl (C=O) groups is 1. The van der Waals surface area contributed by atoms with E-state index in [0.717, 1.165) is 17.6 Å². The molecule has 4 nitrogen and oxygen atoms in total. The third-order valence-electron chi connectivity index (χ3n) is 6.43. The molecule has 0 saturated heterocycles. The number of hydrogen-bond acceptors (Lipinski definition) is 4. The summed E-state index contributed by atoms with van der Waals surface area (Å²) in [5.74, 6) is 0.240. The minimum Gasteiger partial charge on any atom is -0.465 e. The quantitative estimate of drug-likeness (QED) is 0.571. The molecule has 1 aliphatic carbocycles. The van der Waals surface area contributed by atoms with E-state index in [1.165, 1.54) is 60.7 Å². The zero-order valence-electron chi connectivity index (χ0n) is 16.1.